The Morgan fingerprint density at radius 1 is 1.28 bits per heavy atom. The highest BCUT2D eigenvalue weighted by atomic mass is 16.2. The zero-order valence-corrected chi connectivity index (χ0v) is 11.0. The highest BCUT2D eigenvalue weighted by Gasteiger charge is 2.22. The van der Waals surface area contributed by atoms with E-state index in [1.165, 1.54) is 18.4 Å². The third-order valence-electron chi connectivity index (χ3n) is 3.65. The molecule has 0 radical (unpaired) electrons. The molecule has 1 saturated carbocycles. The van der Waals surface area contributed by atoms with E-state index < -0.39 is 0 Å². The number of nitrogens with one attached hydrogen (secondary N) is 2. The van der Waals surface area contributed by atoms with Crippen molar-refractivity contribution in [1.82, 2.24) is 10.6 Å². The van der Waals surface area contributed by atoms with Crippen molar-refractivity contribution in [3.63, 3.8) is 0 Å². The maximum Gasteiger partial charge on any atom is 0.237 e. The topological polar surface area (TPSA) is 41.1 Å². The lowest BCUT2D eigenvalue weighted by molar-refractivity contribution is -0.123. The molecule has 18 heavy (non-hydrogen) atoms. The second-order valence-corrected chi connectivity index (χ2v) is 5.02. The summed E-state index contributed by atoms with van der Waals surface area (Å²) in [5.41, 5.74) is 1.19. The first kappa shape index (κ1) is 13.1. The van der Waals surface area contributed by atoms with Crippen LogP contribution in [0.4, 0.5) is 0 Å². The number of hydrogen-bond acceptors (Lipinski definition) is 2. The lowest BCUT2D eigenvalue weighted by Crippen LogP contribution is -2.47. The highest BCUT2D eigenvalue weighted by molar-refractivity contribution is 5.82. The fourth-order valence-corrected chi connectivity index (χ4v) is 2.55. The van der Waals surface area contributed by atoms with Crippen molar-refractivity contribution in [2.75, 3.05) is 7.05 Å². The minimum Gasteiger partial charge on any atom is -0.352 e. The average Bonchev–Trinajstić information content (AvgIpc) is 2.90. The molecular formula is C15H22N2O. The van der Waals surface area contributed by atoms with Gasteiger partial charge in [0.05, 0.1) is 6.04 Å². The summed E-state index contributed by atoms with van der Waals surface area (Å²) in [6.07, 6.45) is 5.50. The summed E-state index contributed by atoms with van der Waals surface area (Å²) in [6, 6.07) is 10.4. The smallest absolute Gasteiger partial charge is 0.237 e. The number of carbonyl (C=O) groups is 1. The molecule has 1 unspecified atom stereocenters. The van der Waals surface area contributed by atoms with Gasteiger partial charge in [-0.05, 0) is 31.9 Å². The van der Waals surface area contributed by atoms with E-state index in [2.05, 4.69) is 22.8 Å². The van der Waals surface area contributed by atoms with Crippen molar-refractivity contribution in [2.24, 2.45) is 0 Å². The molecule has 1 fully saturated rings. The minimum atomic E-state index is -0.131. The Bertz CT molecular complexity index is 371. The van der Waals surface area contributed by atoms with Crippen LogP contribution in [0.3, 0.4) is 0 Å². The Labute approximate surface area is 109 Å². The van der Waals surface area contributed by atoms with Gasteiger partial charge in [0.25, 0.3) is 0 Å². The maximum absolute atomic E-state index is 12.2. The van der Waals surface area contributed by atoms with E-state index in [9.17, 15) is 4.79 Å². The highest BCUT2D eigenvalue weighted by Crippen LogP contribution is 2.17. The fraction of sp³-hybridized carbons (Fsp3) is 0.533. The van der Waals surface area contributed by atoms with Gasteiger partial charge in [-0.15, -0.1) is 0 Å². The minimum absolute atomic E-state index is 0.131. The van der Waals surface area contributed by atoms with E-state index in [1.807, 2.05) is 25.2 Å². The third kappa shape index (κ3) is 3.57. The predicted molar refractivity (Wildman–Crippen MR) is 73.4 cm³/mol. The van der Waals surface area contributed by atoms with Crippen LogP contribution in [0.25, 0.3) is 0 Å². The first-order valence-electron chi connectivity index (χ1n) is 6.81. The Morgan fingerprint density at radius 3 is 2.56 bits per heavy atom. The summed E-state index contributed by atoms with van der Waals surface area (Å²) < 4.78 is 0. The van der Waals surface area contributed by atoms with E-state index >= 15 is 0 Å². The third-order valence-corrected chi connectivity index (χ3v) is 3.65. The van der Waals surface area contributed by atoms with Crippen LogP contribution in [-0.2, 0) is 11.2 Å². The lowest BCUT2D eigenvalue weighted by atomic mass is 10.1. The summed E-state index contributed by atoms with van der Waals surface area (Å²) in [4.78, 5) is 12.2. The molecule has 0 aliphatic heterocycles. The second kappa shape index (κ2) is 6.55. The zero-order valence-electron chi connectivity index (χ0n) is 11.0. The quantitative estimate of drug-likeness (QED) is 0.833. The number of hydrogen-bond donors (Lipinski definition) is 2. The molecule has 2 N–H and O–H groups in total. The van der Waals surface area contributed by atoms with Crippen LogP contribution >= 0.6 is 0 Å². The molecular weight excluding hydrogens is 224 g/mol. The van der Waals surface area contributed by atoms with Gasteiger partial charge in [0.15, 0.2) is 0 Å². The van der Waals surface area contributed by atoms with E-state index in [0.717, 1.165) is 19.3 Å². The number of rotatable bonds is 5. The Kier molecular flexibility index (Phi) is 4.76. The molecule has 3 heteroatoms. The van der Waals surface area contributed by atoms with Crippen LogP contribution in [0, 0.1) is 0 Å². The van der Waals surface area contributed by atoms with Crippen LogP contribution in [0.5, 0.6) is 0 Å². The monoisotopic (exact) mass is 246 g/mol. The van der Waals surface area contributed by atoms with Crippen LogP contribution in [0.15, 0.2) is 30.3 Å². The molecule has 1 aliphatic carbocycles. The molecule has 0 heterocycles. The molecule has 1 aliphatic rings. The van der Waals surface area contributed by atoms with E-state index in [-0.39, 0.29) is 11.9 Å². The summed E-state index contributed by atoms with van der Waals surface area (Å²) in [5, 5.41) is 6.26. The Balaban J connectivity index is 1.89. The van der Waals surface area contributed by atoms with Crippen LogP contribution in [-0.4, -0.2) is 25.0 Å². The van der Waals surface area contributed by atoms with Crippen molar-refractivity contribution in [1.29, 1.82) is 0 Å². The van der Waals surface area contributed by atoms with Gasteiger partial charge in [0, 0.05) is 6.04 Å². The summed E-state index contributed by atoms with van der Waals surface area (Å²) in [5.74, 6) is 0.133. The molecule has 1 aromatic rings. The molecule has 0 bridgehead atoms. The maximum atomic E-state index is 12.2. The zero-order chi connectivity index (χ0) is 12.8. The van der Waals surface area contributed by atoms with Gasteiger partial charge in [0.2, 0.25) is 5.91 Å². The van der Waals surface area contributed by atoms with Crippen LogP contribution in [0.1, 0.15) is 31.2 Å². The largest absolute Gasteiger partial charge is 0.352 e. The number of likely N-dealkylation sites (N-methyl/N-ethyl adjacent to an activating group) is 1. The molecule has 3 nitrogen and oxygen atoms in total. The second-order valence-electron chi connectivity index (χ2n) is 5.02. The van der Waals surface area contributed by atoms with Gasteiger partial charge in [-0.25, -0.2) is 0 Å². The first-order chi connectivity index (χ1) is 8.79. The first-order valence-corrected chi connectivity index (χ1v) is 6.81. The van der Waals surface area contributed by atoms with Gasteiger partial charge in [-0.1, -0.05) is 43.2 Å². The average molecular weight is 246 g/mol. The van der Waals surface area contributed by atoms with E-state index in [4.69, 9.17) is 0 Å². The predicted octanol–water partition coefficient (Wildman–Crippen LogP) is 1.88. The Hall–Kier alpha value is -1.35. The van der Waals surface area contributed by atoms with Crippen molar-refractivity contribution in [2.45, 2.75) is 44.2 Å². The van der Waals surface area contributed by atoms with Crippen LogP contribution < -0.4 is 10.6 Å². The van der Waals surface area contributed by atoms with Crippen molar-refractivity contribution in [3.05, 3.63) is 35.9 Å². The van der Waals surface area contributed by atoms with Gasteiger partial charge in [-0.2, -0.15) is 0 Å². The van der Waals surface area contributed by atoms with Crippen molar-refractivity contribution >= 4 is 5.91 Å². The van der Waals surface area contributed by atoms with Gasteiger partial charge >= 0.3 is 0 Å². The molecule has 0 saturated heterocycles. The fourth-order valence-electron chi connectivity index (χ4n) is 2.55. The standard InChI is InChI=1S/C15H22N2O/c1-16-14(11-12-7-3-2-4-8-12)15(18)17-13-9-5-6-10-13/h2-4,7-8,13-14,16H,5-6,9-11H2,1H3,(H,17,18). The van der Waals surface area contributed by atoms with Crippen molar-refractivity contribution in [3.8, 4) is 0 Å². The number of carbonyl (C=O) groups excluding carboxylic acids is 1. The molecule has 1 atom stereocenters. The molecule has 0 spiro atoms. The SMILES string of the molecule is CNC(Cc1ccccc1)C(=O)NC1CCCC1. The number of amides is 1. The Morgan fingerprint density at radius 2 is 1.94 bits per heavy atom. The van der Waals surface area contributed by atoms with E-state index in [0.29, 0.717) is 6.04 Å². The molecule has 1 aromatic carbocycles. The lowest BCUT2D eigenvalue weighted by Gasteiger charge is -2.19. The van der Waals surface area contributed by atoms with Crippen LogP contribution in [0.2, 0.25) is 0 Å². The van der Waals surface area contributed by atoms with Gasteiger partial charge in [-0.3, -0.25) is 4.79 Å². The van der Waals surface area contributed by atoms with Crippen molar-refractivity contribution < 1.29 is 4.79 Å². The van der Waals surface area contributed by atoms with Gasteiger partial charge < -0.3 is 10.6 Å². The summed E-state index contributed by atoms with van der Waals surface area (Å²) >= 11 is 0. The summed E-state index contributed by atoms with van der Waals surface area (Å²) in [7, 11) is 1.85. The molecule has 2 rings (SSSR count). The summed E-state index contributed by atoms with van der Waals surface area (Å²) in [6.45, 7) is 0. The molecule has 1 amide bonds. The normalized spacial score (nSPS) is 17.6. The van der Waals surface area contributed by atoms with Gasteiger partial charge in [0.1, 0.15) is 0 Å². The number of benzene rings is 1. The molecule has 0 aromatic heterocycles. The van der Waals surface area contributed by atoms with E-state index in [1.54, 1.807) is 0 Å². The molecule has 98 valence electrons.